The molecule has 0 aliphatic heterocycles. The minimum atomic E-state index is 0. The molecule has 0 saturated carbocycles. The molecule has 0 aromatic rings. The summed E-state index contributed by atoms with van der Waals surface area (Å²) in [6.07, 6.45) is 0. The van der Waals surface area contributed by atoms with Gasteiger partial charge >= 0.3 is 0 Å². The van der Waals surface area contributed by atoms with Gasteiger partial charge in [-0.05, 0) is 6.92 Å². The molecule has 1 radical (unpaired) electrons. The minimum absolute atomic E-state index is 0. The molecule has 4 N–H and O–H groups in total. The van der Waals surface area contributed by atoms with E-state index in [4.69, 9.17) is 5.11 Å². The number of hydrogen-bond donors (Lipinski definition) is 2. The van der Waals surface area contributed by atoms with E-state index in [2.05, 4.69) is 6.92 Å². The second-order valence-corrected chi connectivity index (χ2v) is 0.224. The molecule has 0 unspecified atom stereocenters. The van der Waals surface area contributed by atoms with Gasteiger partial charge in [-0.15, -0.1) is 0 Å². The van der Waals surface area contributed by atoms with Gasteiger partial charge in [0.15, 0.2) is 0 Å². The van der Waals surface area contributed by atoms with Crippen LogP contribution in [0.2, 0.25) is 0 Å². The predicted octanol–water partition coefficient (Wildman–Crippen LogP) is -0.0252. The monoisotopic (exact) mass is 62.1 g/mol. The first-order valence-corrected chi connectivity index (χ1v) is 0.816. The van der Waals surface area contributed by atoms with Crippen LogP contribution in [-0.4, -0.2) is 11.7 Å². The maximum atomic E-state index is 7.46. The quantitative estimate of drug-likeness (QED) is 0.414. The van der Waals surface area contributed by atoms with Gasteiger partial charge in [-0.2, -0.15) is 0 Å². The van der Waals surface area contributed by atoms with Crippen molar-refractivity contribution in [2.24, 2.45) is 0 Å². The Kier molecular flexibility index (Phi) is 28.8. The number of hydrogen-bond acceptors (Lipinski definition) is 2. The summed E-state index contributed by atoms with van der Waals surface area (Å²) < 4.78 is 0. The zero-order valence-electron chi connectivity index (χ0n) is 2.57. The van der Waals surface area contributed by atoms with Gasteiger partial charge in [-0.3, -0.25) is 0 Å². The number of aliphatic hydroxyl groups is 1. The van der Waals surface area contributed by atoms with Crippen LogP contribution in [0.5, 0.6) is 0 Å². The lowest BCUT2D eigenvalue weighted by molar-refractivity contribution is 0.341. The fraction of sp³-hybridized carbons (Fsp3) is 0.500. The third kappa shape index (κ3) is 254. The van der Waals surface area contributed by atoms with Crippen LogP contribution in [0.15, 0.2) is 0 Å². The molecule has 27 valence electrons. The molecule has 0 aromatic heterocycles. The molecule has 0 atom stereocenters. The predicted molar refractivity (Wildman–Crippen MR) is 17.5 cm³/mol. The molecule has 0 heterocycles. The van der Waals surface area contributed by atoms with Crippen molar-refractivity contribution in [3.8, 4) is 0 Å². The van der Waals surface area contributed by atoms with E-state index in [0.717, 1.165) is 0 Å². The molecule has 2 heteroatoms. The fourth-order valence-corrected chi connectivity index (χ4v) is 0. The highest BCUT2D eigenvalue weighted by molar-refractivity contribution is 4.15. The van der Waals surface area contributed by atoms with Crippen LogP contribution in [0.25, 0.3) is 0 Å². The average molecular weight is 62.1 g/mol. The van der Waals surface area contributed by atoms with Gasteiger partial charge in [-0.25, -0.2) is 0 Å². The molecule has 0 bridgehead atoms. The maximum absolute atomic E-state index is 7.46. The fourth-order valence-electron chi connectivity index (χ4n) is 0. The van der Waals surface area contributed by atoms with Crippen molar-refractivity contribution >= 4 is 0 Å². The van der Waals surface area contributed by atoms with Crippen molar-refractivity contribution in [1.29, 1.82) is 0 Å². The molecule has 2 nitrogen and oxygen atoms in total. The number of aliphatic hydroxyl groups excluding tert-OH is 1. The summed E-state index contributed by atoms with van der Waals surface area (Å²) >= 11 is 0. The van der Waals surface area contributed by atoms with Crippen molar-refractivity contribution < 1.29 is 5.11 Å². The Labute approximate surface area is 26.0 Å². The smallest absolute Gasteiger partial charge is 0.0431 e. The number of rotatable bonds is 0. The summed E-state index contributed by atoms with van der Waals surface area (Å²) in [5.41, 5.74) is 0. The second kappa shape index (κ2) is 12.7. The van der Waals surface area contributed by atoms with Crippen LogP contribution in [0.3, 0.4) is 0 Å². The summed E-state index contributed by atoms with van der Waals surface area (Å²) in [7, 11) is 0. The molecule has 0 amide bonds. The Morgan fingerprint density at radius 2 is 1.75 bits per heavy atom. The minimum Gasteiger partial charge on any atom is -0.396 e. The molecule has 0 aliphatic rings. The molecule has 0 aliphatic carbocycles. The summed E-state index contributed by atoms with van der Waals surface area (Å²) in [6, 6.07) is 0. The van der Waals surface area contributed by atoms with Gasteiger partial charge in [-0.1, -0.05) is 0 Å². The van der Waals surface area contributed by atoms with Gasteiger partial charge in [0.1, 0.15) is 0 Å². The SMILES string of the molecule is N.[CH2]CO. The molecule has 0 fully saturated rings. The normalized spacial score (nSPS) is 4.50. The Hall–Kier alpha value is -0.0800. The molecular formula is C2H8NO. The molecular weight excluding hydrogens is 54.0 g/mol. The van der Waals surface area contributed by atoms with E-state index in [-0.39, 0.29) is 12.8 Å². The molecule has 0 aromatic carbocycles. The topological polar surface area (TPSA) is 55.2 Å². The van der Waals surface area contributed by atoms with Crippen molar-refractivity contribution in [2.45, 2.75) is 0 Å². The Bertz CT molecular complexity index is 6.00. The third-order valence-electron chi connectivity index (χ3n) is 0. The highest BCUT2D eigenvalue weighted by Crippen LogP contribution is 1.27. The first kappa shape index (κ1) is 9.07. The molecule has 0 saturated heterocycles. The highest BCUT2D eigenvalue weighted by atomic mass is 16.2. The van der Waals surface area contributed by atoms with Crippen molar-refractivity contribution in [1.82, 2.24) is 6.15 Å². The zero-order valence-corrected chi connectivity index (χ0v) is 2.57. The summed E-state index contributed by atoms with van der Waals surface area (Å²) in [4.78, 5) is 0. The van der Waals surface area contributed by atoms with Crippen LogP contribution in [-0.2, 0) is 0 Å². The van der Waals surface area contributed by atoms with Crippen LogP contribution in [0, 0.1) is 6.92 Å². The molecule has 4 heavy (non-hydrogen) atoms. The molecule has 0 rings (SSSR count). The summed E-state index contributed by atoms with van der Waals surface area (Å²) in [5, 5.41) is 7.46. The van der Waals surface area contributed by atoms with Gasteiger partial charge in [0, 0.05) is 6.61 Å². The van der Waals surface area contributed by atoms with E-state index < -0.39 is 0 Å². The van der Waals surface area contributed by atoms with Gasteiger partial charge in [0.05, 0.1) is 0 Å². The van der Waals surface area contributed by atoms with E-state index >= 15 is 0 Å². The highest BCUT2D eigenvalue weighted by Gasteiger charge is 1.35. The van der Waals surface area contributed by atoms with E-state index in [9.17, 15) is 0 Å². The molecule has 0 spiro atoms. The van der Waals surface area contributed by atoms with Gasteiger partial charge < -0.3 is 11.3 Å². The van der Waals surface area contributed by atoms with Crippen LogP contribution in [0.1, 0.15) is 0 Å². The van der Waals surface area contributed by atoms with E-state index in [1.54, 1.807) is 0 Å². The standard InChI is InChI=1S/C2H5O.H3N/c1-2-3;/h3H,1-2H2;1H3. The van der Waals surface area contributed by atoms with Gasteiger partial charge in [0.25, 0.3) is 0 Å². The second-order valence-electron chi connectivity index (χ2n) is 0.224. The summed E-state index contributed by atoms with van der Waals surface area (Å²) in [5.74, 6) is 0. The largest absolute Gasteiger partial charge is 0.396 e. The van der Waals surface area contributed by atoms with Gasteiger partial charge in [0.2, 0.25) is 0 Å². The van der Waals surface area contributed by atoms with E-state index in [1.807, 2.05) is 0 Å². The lowest BCUT2D eigenvalue weighted by Crippen LogP contribution is -1.58. The van der Waals surface area contributed by atoms with Crippen molar-refractivity contribution in [2.75, 3.05) is 6.61 Å². The van der Waals surface area contributed by atoms with E-state index in [1.165, 1.54) is 0 Å². The Morgan fingerprint density at radius 3 is 1.75 bits per heavy atom. The Balaban J connectivity index is 0. The van der Waals surface area contributed by atoms with Crippen molar-refractivity contribution in [3.63, 3.8) is 0 Å². The van der Waals surface area contributed by atoms with Crippen molar-refractivity contribution in [3.05, 3.63) is 6.92 Å². The first-order chi connectivity index (χ1) is 1.41. The van der Waals surface area contributed by atoms with Crippen LogP contribution in [0.4, 0.5) is 0 Å². The summed E-state index contributed by atoms with van der Waals surface area (Å²) in [6.45, 7) is 3.04. The third-order valence-corrected chi connectivity index (χ3v) is 0. The first-order valence-electron chi connectivity index (χ1n) is 0.816. The lowest BCUT2D eigenvalue weighted by atomic mass is 10.9. The van der Waals surface area contributed by atoms with E-state index in [0.29, 0.717) is 0 Å². The average Bonchev–Trinajstić information content (AvgIpc) is 0.918. The zero-order chi connectivity index (χ0) is 2.71. The maximum Gasteiger partial charge on any atom is 0.0431 e. The van der Waals surface area contributed by atoms with Crippen LogP contribution >= 0.6 is 0 Å². The van der Waals surface area contributed by atoms with Crippen LogP contribution < -0.4 is 6.15 Å². The lowest BCUT2D eigenvalue weighted by Gasteiger charge is -1.52. The Morgan fingerprint density at radius 1 is 1.75 bits per heavy atom.